The van der Waals surface area contributed by atoms with Gasteiger partial charge in [-0.25, -0.2) is 4.79 Å². The zero-order valence-electron chi connectivity index (χ0n) is 11.1. The highest BCUT2D eigenvalue weighted by molar-refractivity contribution is 5.99. The molecule has 0 heterocycles. The Morgan fingerprint density at radius 2 is 1.85 bits per heavy atom. The van der Waals surface area contributed by atoms with Crippen LogP contribution in [0.3, 0.4) is 0 Å². The van der Waals surface area contributed by atoms with Gasteiger partial charge in [0.15, 0.2) is 0 Å². The van der Waals surface area contributed by atoms with Crippen LogP contribution in [0.25, 0.3) is 0 Å². The van der Waals surface area contributed by atoms with E-state index in [1.165, 1.54) is 32.4 Å². The Balaban J connectivity index is 3.27. The number of anilines is 1. The Morgan fingerprint density at radius 1 is 1.20 bits per heavy atom. The number of likely N-dealkylation sites (N-methyl/N-ethyl adjacent to an activating group) is 2. The maximum atomic E-state index is 11.5. The first-order valence-corrected chi connectivity index (χ1v) is 5.72. The summed E-state index contributed by atoms with van der Waals surface area (Å²) in [5.74, 6) is -1.58. The van der Waals surface area contributed by atoms with Crippen molar-refractivity contribution in [3.63, 3.8) is 0 Å². The van der Waals surface area contributed by atoms with Crippen molar-refractivity contribution in [3.8, 4) is 0 Å². The van der Waals surface area contributed by atoms with Gasteiger partial charge in [0.05, 0.1) is 11.3 Å². The van der Waals surface area contributed by atoms with Gasteiger partial charge in [0.25, 0.3) is 5.91 Å². The van der Waals surface area contributed by atoms with E-state index in [0.29, 0.717) is 6.41 Å². The smallest absolute Gasteiger partial charge is 0.337 e. The van der Waals surface area contributed by atoms with E-state index < -0.39 is 11.9 Å². The fraction of sp³-hybridized carbons (Fsp3) is 0.154. The van der Waals surface area contributed by atoms with E-state index in [1.54, 1.807) is 12.1 Å². The summed E-state index contributed by atoms with van der Waals surface area (Å²) in [6.45, 7) is 0. The summed E-state index contributed by atoms with van der Waals surface area (Å²) >= 11 is 0. The molecule has 0 saturated heterocycles. The van der Waals surface area contributed by atoms with Gasteiger partial charge in [-0.3, -0.25) is 14.5 Å². The molecule has 0 aliphatic carbocycles. The van der Waals surface area contributed by atoms with Crippen LogP contribution in [0.15, 0.2) is 36.2 Å². The third-order valence-electron chi connectivity index (χ3n) is 2.54. The third-order valence-corrected chi connectivity index (χ3v) is 2.54. The quantitative estimate of drug-likeness (QED) is 0.508. The molecule has 0 spiro atoms. The molecule has 0 saturated carbocycles. The van der Waals surface area contributed by atoms with Gasteiger partial charge in [0, 0.05) is 20.3 Å². The van der Waals surface area contributed by atoms with Gasteiger partial charge < -0.3 is 15.7 Å². The van der Waals surface area contributed by atoms with Crippen molar-refractivity contribution in [2.75, 3.05) is 19.0 Å². The molecule has 0 atom stereocenters. The molecule has 2 amide bonds. The maximum absolute atomic E-state index is 11.5. The number of benzene rings is 1. The lowest BCUT2D eigenvalue weighted by atomic mass is 10.1. The van der Waals surface area contributed by atoms with E-state index in [-0.39, 0.29) is 16.9 Å². The normalized spacial score (nSPS) is 10.6. The number of carboxylic acids is 1. The first kappa shape index (κ1) is 15.2. The minimum absolute atomic E-state index is 0.0387. The molecule has 1 aromatic rings. The first-order valence-electron chi connectivity index (χ1n) is 5.72. The zero-order valence-corrected chi connectivity index (χ0v) is 11.1. The molecule has 0 fully saturated rings. The summed E-state index contributed by atoms with van der Waals surface area (Å²) in [5.41, 5.74) is 0.259. The van der Waals surface area contributed by atoms with Crippen molar-refractivity contribution in [3.05, 3.63) is 41.7 Å². The minimum atomic E-state index is -1.16. The Labute approximate surface area is 115 Å². The average Bonchev–Trinajstić information content (AvgIpc) is 2.47. The number of rotatable bonds is 6. The predicted molar refractivity (Wildman–Crippen MR) is 73.2 cm³/mol. The zero-order chi connectivity index (χ0) is 15.1. The first-order chi connectivity index (χ1) is 9.54. The standard InChI is InChI=1S/C13H15N3O4/c1-14-10(12(18)15-2)7-16(8-17)11-6-4-3-5-9(11)13(19)20/h3-8,14H,1-2H3,(H,15,18)(H,19,20)/b10-7-. The van der Waals surface area contributed by atoms with Crippen LogP contribution in [0.5, 0.6) is 0 Å². The van der Waals surface area contributed by atoms with E-state index in [2.05, 4.69) is 10.6 Å². The summed E-state index contributed by atoms with van der Waals surface area (Å²) in [6.07, 6.45) is 1.66. The van der Waals surface area contributed by atoms with E-state index in [4.69, 9.17) is 5.11 Å². The number of carbonyl (C=O) groups excluding carboxylic acids is 2. The highest BCUT2D eigenvalue weighted by Gasteiger charge is 2.15. The van der Waals surface area contributed by atoms with Crippen molar-refractivity contribution >= 4 is 24.0 Å². The lowest BCUT2D eigenvalue weighted by Gasteiger charge is -2.17. The monoisotopic (exact) mass is 277 g/mol. The highest BCUT2D eigenvalue weighted by Crippen LogP contribution is 2.20. The molecule has 106 valence electrons. The number of hydrogen-bond donors (Lipinski definition) is 3. The largest absolute Gasteiger partial charge is 0.478 e. The van der Waals surface area contributed by atoms with Crippen molar-refractivity contribution in [1.29, 1.82) is 0 Å². The lowest BCUT2D eigenvalue weighted by Crippen LogP contribution is -2.30. The Morgan fingerprint density at radius 3 is 2.35 bits per heavy atom. The van der Waals surface area contributed by atoms with Crippen LogP contribution in [0.2, 0.25) is 0 Å². The summed E-state index contributed by atoms with van der Waals surface area (Å²) in [7, 11) is 2.97. The number of carbonyl (C=O) groups is 3. The van der Waals surface area contributed by atoms with Crippen molar-refractivity contribution < 1.29 is 19.5 Å². The molecule has 0 aromatic heterocycles. The van der Waals surface area contributed by atoms with Crippen molar-refractivity contribution in [2.45, 2.75) is 0 Å². The molecule has 1 rings (SSSR count). The lowest BCUT2D eigenvalue weighted by molar-refractivity contribution is -0.117. The number of nitrogens with one attached hydrogen (secondary N) is 2. The molecule has 7 nitrogen and oxygen atoms in total. The number of carboxylic acid groups (broad SMARTS) is 1. The molecular weight excluding hydrogens is 262 g/mol. The average molecular weight is 277 g/mol. The highest BCUT2D eigenvalue weighted by atomic mass is 16.4. The molecule has 3 N–H and O–H groups in total. The fourth-order valence-corrected chi connectivity index (χ4v) is 1.55. The molecule has 20 heavy (non-hydrogen) atoms. The van der Waals surface area contributed by atoms with E-state index >= 15 is 0 Å². The molecule has 0 aliphatic heterocycles. The number of hydrogen-bond acceptors (Lipinski definition) is 4. The van der Waals surface area contributed by atoms with Crippen LogP contribution in [0.1, 0.15) is 10.4 Å². The van der Waals surface area contributed by atoms with Gasteiger partial charge in [0.1, 0.15) is 5.70 Å². The fourth-order valence-electron chi connectivity index (χ4n) is 1.55. The van der Waals surface area contributed by atoms with E-state index in [9.17, 15) is 14.4 Å². The van der Waals surface area contributed by atoms with Crippen molar-refractivity contribution in [2.24, 2.45) is 0 Å². The van der Waals surface area contributed by atoms with Crippen LogP contribution < -0.4 is 15.5 Å². The van der Waals surface area contributed by atoms with Gasteiger partial charge in [-0.15, -0.1) is 0 Å². The number of para-hydroxylation sites is 1. The Kier molecular flexibility index (Phi) is 5.28. The van der Waals surface area contributed by atoms with E-state index in [1.807, 2.05) is 0 Å². The molecule has 0 unspecified atom stereocenters. The van der Waals surface area contributed by atoms with Gasteiger partial charge in [-0.05, 0) is 12.1 Å². The summed E-state index contributed by atoms with van der Waals surface area (Å²) < 4.78 is 0. The number of amides is 2. The van der Waals surface area contributed by atoms with Gasteiger partial charge >= 0.3 is 5.97 Å². The molecule has 0 bridgehead atoms. The van der Waals surface area contributed by atoms with Crippen LogP contribution >= 0.6 is 0 Å². The summed E-state index contributed by atoms with van der Waals surface area (Å²) in [5, 5.41) is 14.1. The number of aromatic carboxylic acids is 1. The second kappa shape index (κ2) is 6.93. The molecule has 0 aliphatic rings. The topological polar surface area (TPSA) is 98.7 Å². The van der Waals surface area contributed by atoms with Crippen LogP contribution in [0.4, 0.5) is 5.69 Å². The predicted octanol–water partition coefficient (Wildman–Crippen LogP) is 0.154. The van der Waals surface area contributed by atoms with Gasteiger partial charge in [-0.2, -0.15) is 0 Å². The molecular formula is C13H15N3O4. The summed E-state index contributed by atoms with van der Waals surface area (Å²) in [6, 6.07) is 6.01. The van der Waals surface area contributed by atoms with Crippen LogP contribution in [-0.4, -0.2) is 37.5 Å². The maximum Gasteiger partial charge on any atom is 0.337 e. The molecule has 7 heteroatoms. The number of nitrogens with zero attached hydrogens (tertiary/aromatic N) is 1. The van der Waals surface area contributed by atoms with Crippen molar-refractivity contribution in [1.82, 2.24) is 10.6 Å². The third kappa shape index (κ3) is 3.35. The summed E-state index contributed by atoms with van der Waals surface area (Å²) in [4.78, 5) is 34.9. The Hall–Kier alpha value is -2.83. The molecule has 0 radical (unpaired) electrons. The molecule has 1 aromatic carbocycles. The minimum Gasteiger partial charge on any atom is -0.478 e. The van der Waals surface area contributed by atoms with Crippen LogP contribution in [0, 0.1) is 0 Å². The second-order valence-electron chi connectivity index (χ2n) is 3.71. The van der Waals surface area contributed by atoms with E-state index in [0.717, 1.165) is 4.90 Å². The van der Waals surface area contributed by atoms with Gasteiger partial charge in [-0.1, -0.05) is 12.1 Å². The van der Waals surface area contributed by atoms with Crippen LogP contribution in [-0.2, 0) is 9.59 Å². The SMILES string of the molecule is CNC(=O)/C(=C/N(C=O)c1ccccc1C(=O)O)NC. The van der Waals surface area contributed by atoms with Gasteiger partial charge in [0.2, 0.25) is 6.41 Å². The Bertz CT molecular complexity index is 554. The second-order valence-corrected chi connectivity index (χ2v) is 3.71.